The van der Waals surface area contributed by atoms with Crippen LogP contribution in [0.3, 0.4) is 0 Å². The third kappa shape index (κ3) is 3.57. The molecule has 5 N–H and O–H groups in total. The Morgan fingerprint density at radius 2 is 1.79 bits per heavy atom. The van der Waals surface area contributed by atoms with Crippen molar-refractivity contribution in [3.8, 4) is 0 Å². The van der Waals surface area contributed by atoms with Crippen molar-refractivity contribution in [2.24, 2.45) is 10.7 Å². The fourth-order valence-electron chi connectivity index (χ4n) is 3.06. The normalized spacial score (nSPS) is 18.1. The number of anilines is 1. The number of aliphatic imine (C=N–C) groups is 1. The molecule has 2 aromatic rings. The lowest BCUT2D eigenvalue weighted by Crippen LogP contribution is -2.58. The monoisotopic (exact) mass is 401 g/mol. The maximum atomic E-state index is 13.7. The molecule has 1 atom stereocenters. The summed E-state index contributed by atoms with van der Waals surface area (Å²) in [6.45, 7) is 0.0169. The van der Waals surface area contributed by atoms with E-state index in [2.05, 4.69) is 20.9 Å². The Kier molecular flexibility index (Phi) is 5.37. The molecule has 0 spiro atoms. The largest absolute Gasteiger partial charge is 0.367 e. The number of benzene rings is 2. The molecule has 10 heteroatoms. The number of rotatable bonds is 5. The number of nitrogens with one attached hydrogen (secondary N) is 3. The molecule has 0 aromatic heterocycles. The quantitative estimate of drug-likeness (QED) is 0.587. The van der Waals surface area contributed by atoms with Gasteiger partial charge >= 0.3 is 0 Å². The lowest BCUT2D eigenvalue weighted by Gasteiger charge is -2.27. The minimum atomic E-state index is -1.63. The van der Waals surface area contributed by atoms with Crippen molar-refractivity contribution in [3.05, 3.63) is 65.2 Å². The molecule has 0 fully saturated rings. The zero-order chi connectivity index (χ0) is 21.2. The van der Waals surface area contributed by atoms with Gasteiger partial charge in [0.1, 0.15) is 17.3 Å². The SMILES string of the molecule is CNC(=O)C1=NCNC1(C(N)=O)c1ccc(NC(=O)c2cc(F)ccc2F)cc1. The Hall–Kier alpha value is -3.66. The summed E-state index contributed by atoms with van der Waals surface area (Å²) in [5.74, 6) is -3.84. The zero-order valence-electron chi connectivity index (χ0n) is 15.3. The van der Waals surface area contributed by atoms with E-state index >= 15 is 0 Å². The van der Waals surface area contributed by atoms with Crippen LogP contribution in [0, 0.1) is 11.6 Å². The van der Waals surface area contributed by atoms with Gasteiger partial charge in [0.05, 0.1) is 12.2 Å². The molecule has 0 saturated heterocycles. The number of hydrogen-bond donors (Lipinski definition) is 4. The number of carbonyl (C=O) groups is 3. The fraction of sp³-hybridized carbons (Fsp3) is 0.158. The highest BCUT2D eigenvalue weighted by Gasteiger charge is 2.49. The van der Waals surface area contributed by atoms with Gasteiger partial charge in [-0.1, -0.05) is 12.1 Å². The van der Waals surface area contributed by atoms with Gasteiger partial charge in [-0.15, -0.1) is 0 Å². The predicted molar refractivity (Wildman–Crippen MR) is 101 cm³/mol. The van der Waals surface area contributed by atoms with Crippen molar-refractivity contribution in [1.82, 2.24) is 10.6 Å². The van der Waals surface area contributed by atoms with Crippen LogP contribution in [0.2, 0.25) is 0 Å². The smallest absolute Gasteiger partial charge is 0.267 e. The van der Waals surface area contributed by atoms with E-state index < -0.39 is 40.5 Å². The van der Waals surface area contributed by atoms with E-state index in [1.165, 1.54) is 31.3 Å². The first-order chi connectivity index (χ1) is 13.8. The average molecular weight is 401 g/mol. The van der Waals surface area contributed by atoms with E-state index in [-0.39, 0.29) is 18.1 Å². The standard InChI is InChI=1S/C19H17F2N5O3/c1-23-17(28)15-19(18(22)29,25-9-24-15)10-2-5-12(6-3-10)26-16(27)13-8-11(20)4-7-14(13)21/h2-8,25H,9H2,1H3,(H2,22,29)(H,23,28)(H,26,27). The van der Waals surface area contributed by atoms with E-state index in [0.29, 0.717) is 5.56 Å². The third-order valence-electron chi connectivity index (χ3n) is 4.50. The lowest BCUT2D eigenvalue weighted by atomic mass is 9.84. The lowest BCUT2D eigenvalue weighted by molar-refractivity contribution is -0.123. The second-order valence-corrected chi connectivity index (χ2v) is 6.19. The molecular weight excluding hydrogens is 384 g/mol. The van der Waals surface area contributed by atoms with Gasteiger partial charge in [0, 0.05) is 12.7 Å². The molecule has 3 amide bonds. The Morgan fingerprint density at radius 1 is 1.10 bits per heavy atom. The molecule has 29 heavy (non-hydrogen) atoms. The molecule has 1 heterocycles. The van der Waals surface area contributed by atoms with Gasteiger partial charge in [0.15, 0.2) is 5.54 Å². The summed E-state index contributed by atoms with van der Waals surface area (Å²) >= 11 is 0. The molecule has 1 unspecified atom stereocenters. The predicted octanol–water partition coefficient (Wildman–Crippen LogP) is 0.645. The van der Waals surface area contributed by atoms with Crippen molar-refractivity contribution < 1.29 is 23.2 Å². The van der Waals surface area contributed by atoms with Crippen LogP contribution >= 0.6 is 0 Å². The topological polar surface area (TPSA) is 126 Å². The van der Waals surface area contributed by atoms with Crippen LogP contribution in [0.25, 0.3) is 0 Å². The molecular formula is C19H17F2N5O3. The van der Waals surface area contributed by atoms with Crippen LogP contribution in [0.1, 0.15) is 15.9 Å². The molecule has 150 valence electrons. The van der Waals surface area contributed by atoms with E-state index in [0.717, 1.165) is 18.2 Å². The summed E-state index contributed by atoms with van der Waals surface area (Å²) in [6.07, 6.45) is 0. The molecule has 0 saturated carbocycles. The number of amides is 3. The van der Waals surface area contributed by atoms with E-state index in [1.54, 1.807) is 0 Å². The van der Waals surface area contributed by atoms with Crippen molar-refractivity contribution in [2.75, 3.05) is 19.0 Å². The van der Waals surface area contributed by atoms with Crippen molar-refractivity contribution in [3.63, 3.8) is 0 Å². The number of carbonyl (C=O) groups excluding carboxylic acids is 3. The molecule has 0 bridgehead atoms. The molecule has 1 aliphatic rings. The molecule has 3 rings (SSSR count). The van der Waals surface area contributed by atoms with Gasteiger partial charge in [-0.2, -0.15) is 0 Å². The minimum Gasteiger partial charge on any atom is -0.367 e. The van der Waals surface area contributed by atoms with Crippen LogP contribution in [0.15, 0.2) is 47.5 Å². The first-order valence-electron chi connectivity index (χ1n) is 8.48. The van der Waals surface area contributed by atoms with Gasteiger partial charge in [-0.25, -0.2) is 8.78 Å². The van der Waals surface area contributed by atoms with Crippen molar-refractivity contribution in [2.45, 2.75) is 5.54 Å². The summed E-state index contributed by atoms with van der Waals surface area (Å²) in [5, 5.41) is 7.68. The fourth-order valence-corrected chi connectivity index (χ4v) is 3.06. The number of halogens is 2. The highest BCUT2D eigenvalue weighted by atomic mass is 19.1. The average Bonchev–Trinajstić information content (AvgIpc) is 3.16. The first kappa shape index (κ1) is 20.1. The van der Waals surface area contributed by atoms with E-state index in [9.17, 15) is 23.2 Å². The molecule has 0 radical (unpaired) electrons. The molecule has 1 aliphatic heterocycles. The first-order valence-corrected chi connectivity index (χ1v) is 8.48. The van der Waals surface area contributed by atoms with Gasteiger partial charge < -0.3 is 16.4 Å². The highest BCUT2D eigenvalue weighted by Crippen LogP contribution is 2.28. The summed E-state index contributed by atoms with van der Waals surface area (Å²) in [5.41, 5.74) is 4.00. The van der Waals surface area contributed by atoms with Gasteiger partial charge in [-0.05, 0) is 35.9 Å². The minimum absolute atomic E-state index is 0.0169. The Labute approximate surface area is 164 Å². The van der Waals surface area contributed by atoms with Crippen molar-refractivity contribution >= 4 is 29.1 Å². The maximum absolute atomic E-state index is 13.7. The maximum Gasteiger partial charge on any atom is 0.267 e. The second-order valence-electron chi connectivity index (χ2n) is 6.19. The second kappa shape index (κ2) is 7.76. The third-order valence-corrected chi connectivity index (χ3v) is 4.50. The van der Waals surface area contributed by atoms with Crippen LogP contribution < -0.4 is 21.7 Å². The number of nitrogens with zero attached hydrogens (tertiary/aromatic N) is 1. The molecule has 8 nitrogen and oxygen atoms in total. The van der Waals surface area contributed by atoms with E-state index in [4.69, 9.17) is 5.73 Å². The van der Waals surface area contributed by atoms with Crippen molar-refractivity contribution in [1.29, 1.82) is 0 Å². The summed E-state index contributed by atoms with van der Waals surface area (Å²) < 4.78 is 27.0. The Bertz CT molecular complexity index is 1020. The zero-order valence-corrected chi connectivity index (χ0v) is 15.3. The molecule has 0 aliphatic carbocycles. The number of primary amides is 1. The van der Waals surface area contributed by atoms with Gasteiger partial charge in [-0.3, -0.25) is 24.7 Å². The van der Waals surface area contributed by atoms with E-state index in [1.807, 2.05) is 0 Å². The van der Waals surface area contributed by atoms with Crippen LogP contribution in [0.4, 0.5) is 14.5 Å². The summed E-state index contributed by atoms with van der Waals surface area (Å²) in [4.78, 5) is 40.6. The number of nitrogens with two attached hydrogens (primary N) is 1. The highest BCUT2D eigenvalue weighted by molar-refractivity contribution is 6.47. The van der Waals surface area contributed by atoms with Crippen LogP contribution in [0.5, 0.6) is 0 Å². The Morgan fingerprint density at radius 3 is 2.41 bits per heavy atom. The summed E-state index contributed by atoms with van der Waals surface area (Å²) in [7, 11) is 1.40. The Balaban J connectivity index is 1.88. The van der Waals surface area contributed by atoms with Crippen LogP contribution in [-0.4, -0.2) is 37.1 Å². The van der Waals surface area contributed by atoms with Gasteiger partial charge in [0.2, 0.25) is 5.91 Å². The molecule has 2 aromatic carbocycles. The van der Waals surface area contributed by atoms with Gasteiger partial charge in [0.25, 0.3) is 11.8 Å². The number of hydrogen-bond acceptors (Lipinski definition) is 5. The van der Waals surface area contributed by atoms with Crippen LogP contribution in [-0.2, 0) is 15.1 Å². The summed E-state index contributed by atoms with van der Waals surface area (Å²) in [6, 6.07) is 8.38.